The second-order valence-electron chi connectivity index (χ2n) is 11.2. The minimum absolute atomic E-state index is 0.141. The Bertz CT molecular complexity index is 1190. The highest BCUT2D eigenvalue weighted by atomic mass is 16.2. The number of urea groups is 1. The summed E-state index contributed by atoms with van der Waals surface area (Å²) in [5, 5.41) is 2.70. The molecule has 2 heterocycles. The largest absolute Gasteiger partial charge is 0.354 e. The van der Waals surface area contributed by atoms with Gasteiger partial charge >= 0.3 is 11.7 Å². The highest BCUT2D eigenvalue weighted by molar-refractivity contribution is 5.89. The van der Waals surface area contributed by atoms with Gasteiger partial charge in [0.25, 0.3) is 0 Å². The number of anilines is 1. The normalized spacial score (nSPS) is 20.3. The second-order valence-corrected chi connectivity index (χ2v) is 11.2. The molecule has 3 amide bonds. The molecule has 1 saturated heterocycles. The Balaban J connectivity index is 1.33. The molecule has 0 bridgehead atoms. The molecule has 11 nitrogen and oxygen atoms in total. The summed E-state index contributed by atoms with van der Waals surface area (Å²) in [5.74, 6) is 0.0447. The lowest BCUT2D eigenvalue weighted by Crippen LogP contribution is -2.58. The molecule has 1 aromatic heterocycles. The molecule has 11 heteroatoms. The number of rotatable bonds is 7. The van der Waals surface area contributed by atoms with Gasteiger partial charge in [0.05, 0.1) is 11.2 Å². The van der Waals surface area contributed by atoms with Crippen molar-refractivity contribution in [2.45, 2.75) is 70.6 Å². The molecule has 2 aromatic rings. The van der Waals surface area contributed by atoms with E-state index in [2.05, 4.69) is 22.1 Å². The highest BCUT2D eigenvalue weighted by Crippen LogP contribution is 2.24. The Morgan fingerprint density at radius 1 is 1.03 bits per heavy atom. The van der Waals surface area contributed by atoms with E-state index >= 15 is 0 Å². The van der Waals surface area contributed by atoms with Crippen LogP contribution < -0.4 is 22.5 Å². The number of hydrogen-bond acceptors (Lipinski definition) is 7. The van der Waals surface area contributed by atoms with Gasteiger partial charge in [0.2, 0.25) is 5.91 Å². The predicted octanol–water partition coefficient (Wildman–Crippen LogP) is 1.74. The van der Waals surface area contributed by atoms with Gasteiger partial charge in [0, 0.05) is 51.0 Å². The molecule has 1 aliphatic heterocycles. The molecule has 1 aromatic carbocycles. The monoisotopic (exact) mass is 538 g/mol. The van der Waals surface area contributed by atoms with Gasteiger partial charge in [-0.3, -0.25) is 19.6 Å². The molecule has 2 aliphatic rings. The molecule has 0 atom stereocenters. The van der Waals surface area contributed by atoms with E-state index in [4.69, 9.17) is 11.5 Å². The number of carbonyl (C=O) groups excluding carboxylic acids is 2. The topological polar surface area (TPSA) is 143 Å². The van der Waals surface area contributed by atoms with E-state index in [0.29, 0.717) is 44.0 Å². The van der Waals surface area contributed by atoms with Gasteiger partial charge in [-0.1, -0.05) is 19.1 Å². The number of benzene rings is 1. The zero-order valence-electron chi connectivity index (χ0n) is 23.3. The highest BCUT2D eigenvalue weighted by Gasteiger charge is 2.31. The van der Waals surface area contributed by atoms with Gasteiger partial charge in [-0.2, -0.15) is 4.98 Å². The van der Waals surface area contributed by atoms with Crippen molar-refractivity contribution in [3.05, 3.63) is 52.6 Å². The van der Waals surface area contributed by atoms with Crippen LogP contribution in [0.15, 0.2) is 41.3 Å². The van der Waals surface area contributed by atoms with Crippen LogP contribution in [0.5, 0.6) is 0 Å². The molecular weight excluding hydrogens is 496 g/mol. The fourth-order valence-electron chi connectivity index (χ4n) is 5.34. The Kier molecular flexibility index (Phi) is 9.04. The van der Waals surface area contributed by atoms with Crippen LogP contribution in [-0.2, 0) is 11.3 Å². The predicted molar refractivity (Wildman–Crippen MR) is 152 cm³/mol. The maximum Gasteiger partial charge on any atom is 0.354 e. The Morgan fingerprint density at radius 3 is 2.21 bits per heavy atom. The second kappa shape index (κ2) is 12.3. The first-order valence-electron chi connectivity index (χ1n) is 13.9. The van der Waals surface area contributed by atoms with Crippen LogP contribution in [0.2, 0.25) is 0 Å². The zero-order chi connectivity index (χ0) is 28.2. The number of nitrogens with one attached hydrogen (secondary N) is 1. The molecule has 0 radical (unpaired) electrons. The van der Waals surface area contributed by atoms with Gasteiger partial charge < -0.3 is 21.3 Å². The first-order chi connectivity index (χ1) is 18.5. The minimum atomic E-state index is -0.946. The average molecular weight is 539 g/mol. The van der Waals surface area contributed by atoms with E-state index in [-0.39, 0.29) is 17.8 Å². The summed E-state index contributed by atoms with van der Waals surface area (Å²) in [6, 6.07) is 10.1. The summed E-state index contributed by atoms with van der Waals surface area (Å²) in [6.07, 6.45) is 6.05. The van der Waals surface area contributed by atoms with E-state index in [1.54, 1.807) is 35.9 Å². The summed E-state index contributed by atoms with van der Waals surface area (Å²) in [5.41, 5.74) is 12.5. The SMILES string of the molecule is CCN(Cc1ccc(-n2ccc(NC(=O)N3CCN(C(=O)C(C)(C)N)CC3)nc2=O)cc1)[C@H]1CC[C@H](N)CC1. The van der Waals surface area contributed by atoms with E-state index in [0.717, 1.165) is 38.8 Å². The number of hydrogen-bond donors (Lipinski definition) is 3. The molecule has 4 rings (SSSR count). The molecule has 5 N–H and O–H groups in total. The number of nitrogens with two attached hydrogens (primary N) is 2. The molecule has 212 valence electrons. The van der Waals surface area contributed by atoms with Gasteiger partial charge in [-0.05, 0) is 69.8 Å². The van der Waals surface area contributed by atoms with E-state index in [9.17, 15) is 14.4 Å². The van der Waals surface area contributed by atoms with Crippen molar-refractivity contribution >= 4 is 17.8 Å². The minimum Gasteiger partial charge on any atom is -0.338 e. The van der Waals surface area contributed by atoms with Crippen LogP contribution in [0.25, 0.3) is 5.69 Å². The molecule has 39 heavy (non-hydrogen) atoms. The van der Waals surface area contributed by atoms with Crippen LogP contribution >= 0.6 is 0 Å². The van der Waals surface area contributed by atoms with Crippen LogP contribution in [0, 0.1) is 0 Å². The van der Waals surface area contributed by atoms with E-state index in [1.807, 2.05) is 24.3 Å². The van der Waals surface area contributed by atoms with Crippen LogP contribution in [0.4, 0.5) is 10.6 Å². The van der Waals surface area contributed by atoms with Crippen molar-refractivity contribution < 1.29 is 9.59 Å². The van der Waals surface area contributed by atoms with Gasteiger partial charge in [0.1, 0.15) is 5.82 Å². The smallest absolute Gasteiger partial charge is 0.338 e. The van der Waals surface area contributed by atoms with Crippen LogP contribution in [0.3, 0.4) is 0 Å². The van der Waals surface area contributed by atoms with Gasteiger partial charge in [0.15, 0.2) is 0 Å². The lowest BCUT2D eigenvalue weighted by atomic mass is 9.90. The number of carbonyl (C=O) groups is 2. The summed E-state index contributed by atoms with van der Waals surface area (Å²) in [7, 11) is 0. The van der Waals surface area contributed by atoms with Crippen molar-refractivity contribution in [1.29, 1.82) is 0 Å². The molecular formula is C28H42N8O3. The van der Waals surface area contributed by atoms with Crippen molar-refractivity contribution in [3.63, 3.8) is 0 Å². The quantitative estimate of drug-likeness (QED) is 0.487. The van der Waals surface area contributed by atoms with Crippen molar-refractivity contribution in [2.75, 3.05) is 38.0 Å². The number of amides is 3. The van der Waals surface area contributed by atoms with Gasteiger partial charge in [-0.15, -0.1) is 0 Å². The Labute approximate surface area is 230 Å². The van der Waals surface area contributed by atoms with Crippen molar-refractivity contribution in [1.82, 2.24) is 24.3 Å². The maximum absolute atomic E-state index is 12.8. The molecule has 0 spiro atoms. The summed E-state index contributed by atoms with van der Waals surface area (Å²) in [6.45, 7) is 8.95. The molecule has 1 saturated carbocycles. The Hall–Kier alpha value is -3.28. The third-order valence-electron chi connectivity index (χ3n) is 7.71. The Morgan fingerprint density at radius 2 is 1.64 bits per heavy atom. The fraction of sp³-hybridized carbons (Fsp3) is 0.571. The summed E-state index contributed by atoms with van der Waals surface area (Å²) >= 11 is 0. The van der Waals surface area contributed by atoms with Crippen LogP contribution in [-0.4, -0.2) is 86.5 Å². The average Bonchev–Trinajstić information content (AvgIpc) is 2.92. The number of nitrogens with zero attached hydrogens (tertiary/aromatic N) is 5. The molecule has 0 unspecified atom stereocenters. The molecule has 1 aliphatic carbocycles. The van der Waals surface area contributed by atoms with E-state index in [1.165, 1.54) is 10.1 Å². The standard InChI is InChI=1S/C28H42N8O3/c1-4-33(22-11-7-21(29)8-12-22)19-20-5-9-23(10-6-20)36-14-13-24(32-27(36)39)31-26(38)35-17-15-34(16-18-35)25(37)28(2,3)30/h5-6,9-10,13-14,21-22H,4,7-8,11-12,15-19,29-30H2,1-3H3,(H,31,32,38,39)/t21-,22-. The van der Waals surface area contributed by atoms with Crippen LogP contribution in [0.1, 0.15) is 52.0 Å². The first-order valence-corrected chi connectivity index (χ1v) is 13.9. The number of aromatic nitrogens is 2. The zero-order valence-corrected chi connectivity index (χ0v) is 23.3. The third-order valence-corrected chi connectivity index (χ3v) is 7.71. The van der Waals surface area contributed by atoms with Crippen molar-refractivity contribution in [3.8, 4) is 5.69 Å². The summed E-state index contributed by atoms with van der Waals surface area (Å²) < 4.78 is 1.46. The van der Waals surface area contributed by atoms with Gasteiger partial charge in [-0.25, -0.2) is 9.59 Å². The lowest BCUT2D eigenvalue weighted by molar-refractivity contribution is -0.137. The van der Waals surface area contributed by atoms with Crippen molar-refractivity contribution in [2.24, 2.45) is 11.5 Å². The van der Waals surface area contributed by atoms with E-state index < -0.39 is 11.2 Å². The number of piperazine rings is 1. The molecule has 2 fully saturated rings. The summed E-state index contributed by atoms with van der Waals surface area (Å²) in [4.78, 5) is 47.7. The fourth-order valence-corrected chi connectivity index (χ4v) is 5.34. The lowest BCUT2D eigenvalue weighted by Gasteiger charge is -2.37. The maximum atomic E-state index is 12.8. The first kappa shape index (κ1) is 28.7. The third kappa shape index (κ3) is 7.23.